The van der Waals surface area contributed by atoms with E-state index in [4.69, 9.17) is 30.3 Å². The average Bonchev–Trinajstić information content (AvgIpc) is 3.01. The van der Waals surface area contributed by atoms with Gasteiger partial charge in [0.2, 0.25) is 0 Å². The summed E-state index contributed by atoms with van der Waals surface area (Å²) in [6.07, 6.45) is -1.15. The van der Waals surface area contributed by atoms with Crippen molar-refractivity contribution in [2.75, 3.05) is 6.61 Å². The predicted molar refractivity (Wildman–Crippen MR) is 135 cm³/mol. The summed E-state index contributed by atoms with van der Waals surface area (Å²) in [5.41, 5.74) is -1.76. The lowest BCUT2D eigenvalue weighted by molar-refractivity contribution is -0.149. The van der Waals surface area contributed by atoms with Crippen molar-refractivity contribution >= 4 is 30.3 Å². The van der Waals surface area contributed by atoms with Gasteiger partial charge in [0.05, 0.1) is 12.7 Å². The number of hydrogen-bond acceptors (Lipinski definition) is 10. The summed E-state index contributed by atoms with van der Waals surface area (Å²) in [5, 5.41) is 27.3. The number of para-hydroxylation sites is 1. The molecule has 3 rings (SSSR count). The van der Waals surface area contributed by atoms with Crippen LogP contribution in [0.3, 0.4) is 0 Å². The summed E-state index contributed by atoms with van der Waals surface area (Å²) < 4.78 is 23.1. The normalized spacial score (nSPS) is 28.5. The molecule has 2 aliphatic heterocycles. The van der Waals surface area contributed by atoms with Gasteiger partial charge >= 0.3 is 12.6 Å². The summed E-state index contributed by atoms with van der Waals surface area (Å²) >= 11 is 5.67. The minimum atomic E-state index is -3.38. The molecule has 11 nitrogen and oxygen atoms in total. The minimum Gasteiger partial charge on any atom is -0.462 e. The highest BCUT2D eigenvalue weighted by Gasteiger charge is 2.55. The summed E-state index contributed by atoms with van der Waals surface area (Å²) in [7, 11) is 0. The third kappa shape index (κ3) is 6.71. The molecular formula is C23H32N3O8PS. The van der Waals surface area contributed by atoms with Gasteiger partial charge in [-0.2, -0.15) is 0 Å². The van der Waals surface area contributed by atoms with Gasteiger partial charge in [-0.05, 0) is 51.6 Å². The van der Waals surface area contributed by atoms with E-state index in [9.17, 15) is 19.8 Å². The van der Waals surface area contributed by atoms with Crippen LogP contribution in [0.5, 0.6) is 5.75 Å². The van der Waals surface area contributed by atoms with Crippen molar-refractivity contribution in [1.29, 1.82) is 0 Å². The number of rotatable bonds is 10. The summed E-state index contributed by atoms with van der Waals surface area (Å²) in [6, 6.07) is 7.85. The maximum Gasteiger partial charge on any atom is 0.323 e. The fraction of sp³-hybridized carbons (Fsp3) is 0.478. The van der Waals surface area contributed by atoms with Gasteiger partial charge in [-0.3, -0.25) is 9.59 Å². The van der Waals surface area contributed by atoms with Crippen LogP contribution in [-0.2, 0) is 35.4 Å². The largest absolute Gasteiger partial charge is 0.462 e. The molecule has 1 saturated heterocycles. The Morgan fingerprint density at radius 3 is 2.64 bits per heavy atom. The first-order chi connectivity index (χ1) is 16.8. The van der Waals surface area contributed by atoms with Gasteiger partial charge in [0.15, 0.2) is 6.23 Å². The molecule has 6 atom stereocenters. The SMILES string of the molecule is C=C1NC(=O)C=CN1[C@@H]1O[C@H](COP(=S)(NC(C)C(=O)OC(C)C)Oc2ccccc2)C(O)C1(C)O. The van der Waals surface area contributed by atoms with Crippen molar-refractivity contribution in [2.45, 2.75) is 63.9 Å². The maximum atomic E-state index is 12.4. The minimum absolute atomic E-state index is 0.179. The topological polar surface area (TPSA) is 139 Å². The Hall–Kier alpha value is -2.31. The van der Waals surface area contributed by atoms with Gasteiger partial charge in [-0.1, -0.05) is 24.8 Å². The standard InChI is InChI=1S/C23H32N3O8PS/c1-14(2)32-21(29)15(3)25-35(36,34-17-9-7-6-8-10-17)31-13-18-20(28)23(5,30)22(33-18)26-12-11-19(27)24-16(26)4/h6-12,14-15,18,20,22,28,30H,4,13H2,1-3,5H3,(H,24,27)(H,25,36)/t15?,18-,20?,22-,23?,35?/m1/s1. The van der Waals surface area contributed by atoms with Gasteiger partial charge in [-0.25, -0.2) is 5.09 Å². The van der Waals surface area contributed by atoms with Crippen molar-refractivity contribution in [3.05, 3.63) is 55.0 Å². The first kappa shape index (κ1) is 28.3. The number of carbonyl (C=O) groups excluding carboxylic acids is 2. The number of aliphatic hydroxyl groups is 2. The molecule has 4 N–H and O–H groups in total. The Kier molecular flexibility index (Phi) is 8.94. The Morgan fingerprint density at radius 2 is 2.03 bits per heavy atom. The zero-order valence-electron chi connectivity index (χ0n) is 20.5. The molecule has 0 spiro atoms. The third-order valence-electron chi connectivity index (χ3n) is 5.41. The van der Waals surface area contributed by atoms with Crippen LogP contribution in [0, 0.1) is 0 Å². The molecule has 0 saturated carbocycles. The number of carbonyl (C=O) groups is 2. The van der Waals surface area contributed by atoms with Crippen LogP contribution < -0.4 is 14.9 Å². The second-order valence-corrected chi connectivity index (χ2v) is 12.0. The van der Waals surface area contributed by atoms with E-state index in [1.807, 2.05) is 6.07 Å². The maximum absolute atomic E-state index is 12.4. The Balaban J connectivity index is 1.76. The van der Waals surface area contributed by atoms with Crippen LogP contribution in [0.2, 0.25) is 0 Å². The van der Waals surface area contributed by atoms with E-state index in [0.29, 0.717) is 5.75 Å². The van der Waals surface area contributed by atoms with Gasteiger partial charge in [-0.15, -0.1) is 0 Å². The molecular weight excluding hydrogens is 509 g/mol. The lowest BCUT2D eigenvalue weighted by Crippen LogP contribution is -2.53. The molecule has 1 amide bonds. The average molecular weight is 542 g/mol. The molecule has 36 heavy (non-hydrogen) atoms. The van der Waals surface area contributed by atoms with Crippen LogP contribution in [-0.4, -0.2) is 69.8 Å². The molecule has 0 bridgehead atoms. The molecule has 2 heterocycles. The molecule has 0 aliphatic carbocycles. The van der Waals surface area contributed by atoms with Crippen molar-refractivity contribution in [1.82, 2.24) is 15.3 Å². The second kappa shape index (κ2) is 11.4. The van der Waals surface area contributed by atoms with Crippen molar-refractivity contribution in [2.24, 2.45) is 0 Å². The smallest absolute Gasteiger partial charge is 0.323 e. The van der Waals surface area contributed by atoms with Crippen molar-refractivity contribution in [3.63, 3.8) is 0 Å². The zero-order chi connectivity index (χ0) is 26.7. The van der Waals surface area contributed by atoms with E-state index in [1.54, 1.807) is 45.0 Å². The van der Waals surface area contributed by atoms with Gasteiger partial charge in [0.25, 0.3) is 5.91 Å². The molecule has 1 aromatic rings. The highest BCUT2D eigenvalue weighted by molar-refractivity contribution is 8.09. The lowest BCUT2D eigenvalue weighted by atomic mass is 9.96. The molecule has 0 aromatic heterocycles. The van der Waals surface area contributed by atoms with Crippen molar-refractivity contribution < 1.29 is 38.3 Å². The number of amides is 1. The van der Waals surface area contributed by atoms with Crippen LogP contribution in [0.1, 0.15) is 27.7 Å². The molecule has 1 aromatic carbocycles. The first-order valence-corrected chi connectivity index (χ1v) is 14.0. The van der Waals surface area contributed by atoms with Crippen molar-refractivity contribution in [3.8, 4) is 5.75 Å². The Bertz CT molecular complexity index is 1050. The molecule has 198 valence electrons. The fourth-order valence-electron chi connectivity index (χ4n) is 3.59. The van der Waals surface area contributed by atoms with E-state index in [2.05, 4.69) is 17.0 Å². The number of aliphatic hydroxyl groups excluding tert-OH is 1. The van der Waals surface area contributed by atoms with Crippen LogP contribution in [0.15, 0.2) is 55.0 Å². The Morgan fingerprint density at radius 1 is 1.36 bits per heavy atom. The summed E-state index contributed by atoms with van der Waals surface area (Å²) in [4.78, 5) is 25.3. The second-order valence-electron chi connectivity index (χ2n) is 8.89. The molecule has 4 unspecified atom stereocenters. The number of nitrogens with one attached hydrogen (secondary N) is 2. The number of benzene rings is 1. The molecule has 1 fully saturated rings. The van der Waals surface area contributed by atoms with E-state index in [-0.39, 0.29) is 24.4 Å². The van der Waals surface area contributed by atoms with E-state index in [0.717, 1.165) is 0 Å². The number of esters is 1. The van der Waals surface area contributed by atoms with E-state index < -0.39 is 42.7 Å². The quantitative estimate of drug-likeness (QED) is 0.253. The first-order valence-electron chi connectivity index (χ1n) is 11.3. The van der Waals surface area contributed by atoms with Gasteiger partial charge in [0.1, 0.15) is 35.4 Å². The van der Waals surface area contributed by atoms with Gasteiger partial charge < -0.3 is 39.0 Å². The number of ether oxygens (including phenoxy) is 2. The highest BCUT2D eigenvalue weighted by atomic mass is 32.5. The highest BCUT2D eigenvalue weighted by Crippen LogP contribution is 2.46. The number of hydrogen-bond donors (Lipinski definition) is 4. The third-order valence-corrected chi connectivity index (χ3v) is 7.91. The predicted octanol–water partition coefficient (Wildman–Crippen LogP) is 1.49. The van der Waals surface area contributed by atoms with Crippen LogP contribution in [0.4, 0.5) is 0 Å². The zero-order valence-corrected chi connectivity index (χ0v) is 22.2. The lowest BCUT2D eigenvalue weighted by Gasteiger charge is -2.37. The summed E-state index contributed by atoms with van der Waals surface area (Å²) in [6.45, 7) is 6.55. The number of nitrogens with zero attached hydrogens (tertiary/aromatic N) is 1. The molecule has 2 aliphatic rings. The molecule has 0 radical (unpaired) electrons. The van der Waals surface area contributed by atoms with E-state index >= 15 is 0 Å². The summed E-state index contributed by atoms with van der Waals surface area (Å²) in [5.74, 6) is -0.305. The molecule has 13 heteroatoms. The van der Waals surface area contributed by atoms with E-state index in [1.165, 1.54) is 24.1 Å². The monoisotopic (exact) mass is 541 g/mol. The van der Waals surface area contributed by atoms with Gasteiger partial charge in [0, 0.05) is 12.3 Å². The van der Waals surface area contributed by atoms with Crippen LogP contribution in [0.25, 0.3) is 0 Å². The van der Waals surface area contributed by atoms with Crippen LogP contribution >= 0.6 is 6.64 Å². The Labute approximate surface area is 215 Å². The fourth-order valence-corrected chi connectivity index (χ4v) is 6.01.